The van der Waals surface area contributed by atoms with E-state index < -0.39 is 57.1 Å². The van der Waals surface area contributed by atoms with E-state index in [4.69, 9.17) is 27.9 Å². The number of alkyl halides is 2. The summed E-state index contributed by atoms with van der Waals surface area (Å²) in [7, 11) is 0. The lowest BCUT2D eigenvalue weighted by molar-refractivity contribution is 0.251. The molecule has 1 aromatic carbocycles. The Morgan fingerprint density at radius 2 is 1.16 bits per heavy atom. The SMILES string of the molecule is CC1(C)OC12[C@H]1c3c(F)c(F)c(F)c(F)c3[C@H]2[C@@H]2[C@@H]1[C@H](Cl)C=C[C@@H]2Cl. The highest BCUT2D eigenvalue weighted by molar-refractivity contribution is 6.24. The zero-order valence-corrected chi connectivity index (χ0v) is 14.8. The van der Waals surface area contributed by atoms with Gasteiger partial charge in [-0.2, -0.15) is 0 Å². The van der Waals surface area contributed by atoms with Gasteiger partial charge in [0.1, 0.15) is 5.60 Å². The zero-order valence-electron chi connectivity index (χ0n) is 13.3. The van der Waals surface area contributed by atoms with E-state index in [1.165, 1.54) is 0 Å². The lowest BCUT2D eigenvalue weighted by Crippen LogP contribution is -2.37. The van der Waals surface area contributed by atoms with Crippen molar-refractivity contribution in [2.45, 2.75) is 47.6 Å². The van der Waals surface area contributed by atoms with E-state index in [1.807, 2.05) is 13.8 Å². The van der Waals surface area contributed by atoms with Crippen LogP contribution in [-0.4, -0.2) is 22.0 Å². The van der Waals surface area contributed by atoms with Crippen LogP contribution in [0.25, 0.3) is 0 Å². The molecule has 1 aromatic rings. The maximum absolute atomic E-state index is 14.7. The summed E-state index contributed by atoms with van der Waals surface area (Å²) in [5.74, 6) is -8.22. The Morgan fingerprint density at radius 3 is 1.48 bits per heavy atom. The summed E-state index contributed by atoms with van der Waals surface area (Å²) in [6.07, 6.45) is 3.47. The van der Waals surface area contributed by atoms with Crippen LogP contribution in [0.3, 0.4) is 0 Å². The minimum Gasteiger partial charge on any atom is -0.362 e. The van der Waals surface area contributed by atoms with Crippen LogP contribution in [0.15, 0.2) is 12.2 Å². The fourth-order valence-electron chi connectivity index (χ4n) is 5.83. The first kappa shape index (κ1) is 16.4. The van der Waals surface area contributed by atoms with Gasteiger partial charge in [-0.1, -0.05) is 12.2 Å². The van der Waals surface area contributed by atoms with Gasteiger partial charge in [0.15, 0.2) is 23.3 Å². The molecule has 1 heterocycles. The molecule has 2 fully saturated rings. The zero-order chi connectivity index (χ0) is 18.0. The maximum atomic E-state index is 14.7. The highest BCUT2D eigenvalue weighted by atomic mass is 35.5. The summed E-state index contributed by atoms with van der Waals surface area (Å²) < 4.78 is 63.2. The fraction of sp³-hybridized carbons (Fsp3) is 0.556. The summed E-state index contributed by atoms with van der Waals surface area (Å²) in [6, 6.07) is 0. The predicted molar refractivity (Wildman–Crippen MR) is 85.1 cm³/mol. The molecule has 25 heavy (non-hydrogen) atoms. The number of allylic oxidation sites excluding steroid dienone is 2. The number of halogens is 6. The fourth-order valence-corrected chi connectivity index (χ4v) is 6.63. The Hall–Kier alpha value is -0.780. The van der Waals surface area contributed by atoms with E-state index in [1.54, 1.807) is 12.2 Å². The molecule has 0 radical (unpaired) electrons. The second kappa shape index (κ2) is 4.55. The molecule has 1 saturated heterocycles. The molecule has 0 aromatic heterocycles. The second-order valence-corrected chi connectivity index (χ2v) is 8.88. The Labute approximate surface area is 151 Å². The van der Waals surface area contributed by atoms with Crippen molar-refractivity contribution in [3.8, 4) is 0 Å². The Kier molecular flexibility index (Phi) is 2.98. The van der Waals surface area contributed by atoms with Crippen LogP contribution >= 0.6 is 23.2 Å². The third-order valence-electron chi connectivity index (χ3n) is 6.64. The number of rotatable bonds is 0. The minimum atomic E-state index is -1.78. The number of fused-ring (bicyclic) bond motifs is 6. The molecule has 0 amide bonds. The van der Waals surface area contributed by atoms with Crippen LogP contribution in [0.1, 0.15) is 36.8 Å². The lowest BCUT2D eigenvalue weighted by atomic mass is 9.70. The van der Waals surface area contributed by atoms with E-state index >= 15 is 0 Å². The normalized spacial score (nSPS) is 45.0. The van der Waals surface area contributed by atoms with Gasteiger partial charge in [-0.15, -0.1) is 23.2 Å². The molecule has 1 aliphatic heterocycles. The average molecular weight is 393 g/mol. The van der Waals surface area contributed by atoms with E-state index in [0.29, 0.717) is 0 Å². The van der Waals surface area contributed by atoms with Gasteiger partial charge in [-0.25, -0.2) is 17.6 Å². The number of benzene rings is 1. The first-order valence-corrected chi connectivity index (χ1v) is 9.04. The smallest absolute Gasteiger partial charge is 0.197 e. The molecule has 2 bridgehead atoms. The van der Waals surface area contributed by atoms with E-state index in [0.717, 1.165) is 0 Å². The van der Waals surface area contributed by atoms with Crippen molar-refractivity contribution >= 4 is 23.2 Å². The van der Waals surface area contributed by atoms with Crippen molar-refractivity contribution in [1.29, 1.82) is 0 Å². The molecular weight excluding hydrogens is 379 g/mol. The summed E-state index contributed by atoms with van der Waals surface area (Å²) in [5, 5.41) is -0.925. The molecule has 4 aliphatic rings. The molecule has 7 heteroatoms. The van der Waals surface area contributed by atoms with Gasteiger partial charge in [0.2, 0.25) is 0 Å². The Morgan fingerprint density at radius 1 is 0.800 bits per heavy atom. The summed E-state index contributed by atoms with van der Waals surface area (Å²) in [4.78, 5) is 0. The van der Waals surface area contributed by atoms with E-state index in [-0.39, 0.29) is 23.0 Å². The quantitative estimate of drug-likeness (QED) is 0.151. The lowest BCUT2D eigenvalue weighted by Gasteiger charge is -2.38. The molecule has 1 unspecified atom stereocenters. The number of ether oxygens (including phenoxy) is 1. The molecule has 7 atom stereocenters. The topological polar surface area (TPSA) is 12.5 Å². The van der Waals surface area contributed by atoms with Crippen LogP contribution in [-0.2, 0) is 4.74 Å². The molecule has 3 aliphatic carbocycles. The summed E-state index contributed by atoms with van der Waals surface area (Å²) >= 11 is 12.9. The number of hydrogen-bond donors (Lipinski definition) is 0. The molecule has 1 saturated carbocycles. The summed E-state index contributed by atoms with van der Waals surface area (Å²) in [6.45, 7) is 3.64. The summed E-state index contributed by atoms with van der Waals surface area (Å²) in [5.41, 5.74) is -1.87. The van der Waals surface area contributed by atoms with Crippen molar-refractivity contribution < 1.29 is 22.3 Å². The van der Waals surface area contributed by atoms with Gasteiger partial charge in [0.25, 0.3) is 0 Å². The van der Waals surface area contributed by atoms with Crippen molar-refractivity contribution in [2.24, 2.45) is 11.8 Å². The largest absolute Gasteiger partial charge is 0.362 e. The second-order valence-electron chi connectivity index (χ2n) is 7.87. The molecule has 1 nitrogen and oxygen atoms in total. The van der Waals surface area contributed by atoms with Crippen LogP contribution in [0.2, 0.25) is 0 Å². The van der Waals surface area contributed by atoms with Gasteiger partial charge in [-0.05, 0) is 25.7 Å². The molecule has 0 N–H and O–H groups in total. The standard InChI is InChI=1S/C18H14Cl2F4O/c1-17(2)18(25-17)11-7-5(19)3-4-6(20)8(7)12(18)10-9(11)13(21)15(23)16(24)14(10)22/h3-8,11-12H,1-2H3/t5-,6+,7-,8-,11+,12+,18?/m0/s1. The first-order valence-electron chi connectivity index (χ1n) is 8.17. The molecule has 1 spiro atoms. The van der Waals surface area contributed by atoms with Gasteiger partial charge in [-0.3, -0.25) is 0 Å². The van der Waals surface area contributed by atoms with E-state index in [9.17, 15) is 17.6 Å². The van der Waals surface area contributed by atoms with Crippen molar-refractivity contribution in [3.63, 3.8) is 0 Å². The van der Waals surface area contributed by atoms with Crippen LogP contribution in [0, 0.1) is 35.1 Å². The van der Waals surface area contributed by atoms with Crippen LogP contribution in [0.5, 0.6) is 0 Å². The average Bonchev–Trinajstić information content (AvgIpc) is 2.86. The third-order valence-corrected chi connectivity index (χ3v) is 7.51. The highest BCUT2D eigenvalue weighted by Gasteiger charge is 2.83. The molecule has 134 valence electrons. The van der Waals surface area contributed by atoms with Gasteiger partial charge in [0, 0.05) is 23.0 Å². The monoisotopic (exact) mass is 392 g/mol. The maximum Gasteiger partial charge on any atom is 0.197 e. The van der Waals surface area contributed by atoms with Gasteiger partial charge in [0.05, 0.1) is 16.4 Å². The van der Waals surface area contributed by atoms with Crippen molar-refractivity contribution in [3.05, 3.63) is 46.5 Å². The minimum absolute atomic E-state index is 0.127. The Balaban J connectivity index is 1.84. The predicted octanol–water partition coefficient (Wildman–Crippen LogP) is 5.00. The molecular formula is C18H14Cl2F4O. The number of epoxide rings is 1. The van der Waals surface area contributed by atoms with Crippen molar-refractivity contribution in [2.75, 3.05) is 0 Å². The molecule has 5 rings (SSSR count). The first-order chi connectivity index (χ1) is 11.6. The van der Waals surface area contributed by atoms with Crippen LogP contribution < -0.4 is 0 Å². The third kappa shape index (κ3) is 1.58. The van der Waals surface area contributed by atoms with Crippen molar-refractivity contribution in [1.82, 2.24) is 0 Å². The van der Waals surface area contributed by atoms with E-state index in [2.05, 4.69) is 0 Å². The van der Waals surface area contributed by atoms with Gasteiger partial charge >= 0.3 is 0 Å². The van der Waals surface area contributed by atoms with Gasteiger partial charge < -0.3 is 4.74 Å². The Bertz CT molecular complexity index is 795. The number of hydrogen-bond acceptors (Lipinski definition) is 1. The van der Waals surface area contributed by atoms with Crippen LogP contribution in [0.4, 0.5) is 17.6 Å². The highest BCUT2D eigenvalue weighted by Crippen LogP contribution is 2.79.